The minimum atomic E-state index is -2.30. The van der Waals surface area contributed by atoms with Crippen molar-refractivity contribution in [2.75, 3.05) is 0 Å². The van der Waals surface area contributed by atoms with Crippen LogP contribution in [0, 0.1) is 0 Å². The van der Waals surface area contributed by atoms with E-state index in [4.69, 9.17) is 0 Å². The molecule has 26 heavy (non-hydrogen) atoms. The van der Waals surface area contributed by atoms with Crippen molar-refractivity contribution in [1.29, 1.82) is 0 Å². The van der Waals surface area contributed by atoms with Crippen LogP contribution in [-0.2, 0) is 9.53 Å². The summed E-state index contributed by atoms with van der Waals surface area (Å²) < 4.78 is 4.60. The van der Waals surface area contributed by atoms with Gasteiger partial charge >= 0.3 is 11.9 Å². The van der Waals surface area contributed by atoms with Gasteiger partial charge in [0.15, 0.2) is 0 Å². The van der Waals surface area contributed by atoms with Crippen LogP contribution in [0.1, 0.15) is 110 Å². The molecule has 2 unspecified atom stereocenters. The summed E-state index contributed by atoms with van der Waals surface area (Å²) in [6, 6.07) is 0. The molecule has 0 radical (unpaired) electrons. The van der Waals surface area contributed by atoms with Crippen LogP contribution < -0.4 is 0 Å². The van der Waals surface area contributed by atoms with Gasteiger partial charge in [-0.05, 0) is 19.3 Å². The van der Waals surface area contributed by atoms with Gasteiger partial charge in [0.2, 0.25) is 0 Å². The van der Waals surface area contributed by atoms with Gasteiger partial charge in [-0.25, -0.2) is 0 Å². The Morgan fingerprint density at radius 1 is 0.846 bits per heavy atom. The van der Waals surface area contributed by atoms with Crippen LogP contribution in [-0.4, -0.2) is 32.7 Å². The first-order valence-electron chi connectivity index (χ1n) is 10.8. The third-order valence-electron chi connectivity index (χ3n) is 5.14. The van der Waals surface area contributed by atoms with Crippen molar-refractivity contribution in [2.24, 2.45) is 0 Å². The van der Waals surface area contributed by atoms with E-state index < -0.39 is 11.9 Å². The molecule has 0 aromatic rings. The molecule has 4 nitrogen and oxygen atoms in total. The second kappa shape index (κ2) is 13.8. The Labute approximate surface area is 164 Å². The van der Waals surface area contributed by atoms with Crippen LogP contribution in [0.4, 0.5) is 0 Å². The van der Waals surface area contributed by atoms with E-state index in [0.717, 1.165) is 29.8 Å². The van der Waals surface area contributed by atoms with Crippen molar-refractivity contribution >= 4 is 17.7 Å². The predicted octanol–water partition coefficient (Wildman–Crippen LogP) is 5.54. The third kappa shape index (κ3) is 12.2. The highest BCUT2D eigenvalue weighted by Gasteiger charge is 2.36. The number of carbonyl (C=O) groups is 1. The number of aliphatic hydroxyl groups is 2. The Bertz CT molecular complexity index is 373. The fourth-order valence-electron chi connectivity index (χ4n) is 3.26. The first kappa shape index (κ1) is 23.8. The summed E-state index contributed by atoms with van der Waals surface area (Å²) in [7, 11) is 0. The zero-order chi connectivity index (χ0) is 19.3. The van der Waals surface area contributed by atoms with Gasteiger partial charge in [-0.3, -0.25) is 4.79 Å². The standard InChI is InChI=1S/C21H40O4S/c1-3-5-6-7-9-12-15-18-19(26-18)16-13-10-8-11-14-17-20(22)25-21(23,24)4-2/h18-19,23-24H,3-17H2,1-2H3. The second-order valence-corrected chi connectivity index (χ2v) is 9.13. The average molecular weight is 389 g/mol. The van der Waals surface area contributed by atoms with E-state index in [1.807, 2.05) is 0 Å². The van der Waals surface area contributed by atoms with E-state index in [0.29, 0.717) is 0 Å². The van der Waals surface area contributed by atoms with Crippen molar-refractivity contribution in [3.63, 3.8) is 0 Å². The van der Waals surface area contributed by atoms with Crippen molar-refractivity contribution in [1.82, 2.24) is 0 Å². The molecule has 0 aromatic heterocycles. The van der Waals surface area contributed by atoms with E-state index in [2.05, 4.69) is 23.4 Å². The van der Waals surface area contributed by atoms with E-state index >= 15 is 0 Å². The van der Waals surface area contributed by atoms with E-state index in [1.54, 1.807) is 6.92 Å². The van der Waals surface area contributed by atoms with E-state index in [9.17, 15) is 15.0 Å². The Hall–Kier alpha value is -0.260. The first-order chi connectivity index (χ1) is 12.5. The monoisotopic (exact) mass is 388 g/mol. The van der Waals surface area contributed by atoms with Gasteiger partial charge in [0.25, 0.3) is 0 Å². The van der Waals surface area contributed by atoms with Crippen LogP contribution >= 0.6 is 11.8 Å². The molecule has 0 amide bonds. The topological polar surface area (TPSA) is 66.8 Å². The highest BCUT2D eigenvalue weighted by molar-refractivity contribution is 8.07. The SMILES string of the molecule is CCCCCCCCC1SC1CCCCCCCC(=O)OC(O)(O)CC. The third-order valence-corrected chi connectivity index (χ3v) is 6.65. The van der Waals surface area contributed by atoms with E-state index in [-0.39, 0.29) is 12.8 Å². The molecule has 0 spiro atoms. The first-order valence-corrected chi connectivity index (χ1v) is 11.7. The van der Waals surface area contributed by atoms with E-state index in [1.165, 1.54) is 64.2 Å². The zero-order valence-electron chi connectivity index (χ0n) is 16.9. The number of esters is 1. The lowest BCUT2D eigenvalue weighted by Crippen LogP contribution is -2.33. The summed E-state index contributed by atoms with van der Waals surface area (Å²) in [4.78, 5) is 11.5. The Morgan fingerprint density at radius 3 is 1.88 bits per heavy atom. The Kier molecular flexibility index (Phi) is 12.7. The molecule has 2 N–H and O–H groups in total. The summed E-state index contributed by atoms with van der Waals surface area (Å²) in [5.74, 6) is -2.82. The molecule has 1 fully saturated rings. The van der Waals surface area contributed by atoms with Crippen LogP contribution in [0.15, 0.2) is 0 Å². The summed E-state index contributed by atoms with van der Waals surface area (Å²) in [6.07, 6.45) is 16.8. The predicted molar refractivity (Wildman–Crippen MR) is 109 cm³/mol. The lowest BCUT2D eigenvalue weighted by molar-refractivity contribution is -0.319. The maximum atomic E-state index is 11.5. The molecule has 2 atom stereocenters. The van der Waals surface area contributed by atoms with Gasteiger partial charge in [-0.15, -0.1) is 0 Å². The minimum Gasteiger partial charge on any atom is -0.408 e. The van der Waals surface area contributed by atoms with Crippen molar-refractivity contribution in [2.45, 2.75) is 127 Å². The maximum absolute atomic E-state index is 11.5. The molecule has 1 saturated heterocycles. The molecule has 0 saturated carbocycles. The van der Waals surface area contributed by atoms with Gasteiger partial charge < -0.3 is 14.9 Å². The summed E-state index contributed by atoms with van der Waals surface area (Å²) in [5, 5.41) is 20.4. The summed E-state index contributed by atoms with van der Waals surface area (Å²) >= 11 is 2.18. The lowest BCUT2D eigenvalue weighted by atomic mass is 10.0. The fraction of sp³-hybridized carbons (Fsp3) is 0.952. The highest BCUT2D eigenvalue weighted by atomic mass is 32.2. The summed E-state index contributed by atoms with van der Waals surface area (Å²) in [5.41, 5.74) is 0. The molecule has 0 bridgehead atoms. The fourth-order valence-corrected chi connectivity index (χ4v) is 4.50. The molecule has 154 valence electrons. The molecule has 1 heterocycles. The van der Waals surface area contributed by atoms with Gasteiger partial charge in [-0.1, -0.05) is 78.1 Å². The maximum Gasteiger partial charge on any atom is 0.323 e. The molecule has 1 aliphatic rings. The number of carbonyl (C=O) groups excluding carboxylic acids is 1. The normalized spacial score (nSPS) is 19.5. The number of rotatable bonds is 17. The molecular formula is C21H40O4S. The van der Waals surface area contributed by atoms with Crippen LogP contribution in [0.5, 0.6) is 0 Å². The minimum absolute atomic E-state index is 0.0161. The van der Waals surface area contributed by atoms with Crippen molar-refractivity contribution in [3.8, 4) is 0 Å². The Balaban J connectivity index is 1.84. The van der Waals surface area contributed by atoms with Gasteiger partial charge in [0.05, 0.1) is 0 Å². The molecule has 0 aliphatic carbocycles. The molecule has 5 heteroatoms. The molecular weight excluding hydrogens is 348 g/mol. The zero-order valence-corrected chi connectivity index (χ0v) is 17.7. The highest BCUT2D eigenvalue weighted by Crippen LogP contribution is 2.47. The summed E-state index contributed by atoms with van der Waals surface area (Å²) in [6.45, 7) is 3.83. The lowest BCUT2D eigenvalue weighted by Gasteiger charge is -2.19. The van der Waals surface area contributed by atoms with Crippen LogP contribution in [0.25, 0.3) is 0 Å². The Morgan fingerprint density at radius 2 is 1.35 bits per heavy atom. The molecule has 1 rings (SSSR count). The van der Waals surface area contributed by atoms with Gasteiger partial charge in [0.1, 0.15) is 0 Å². The smallest absolute Gasteiger partial charge is 0.323 e. The largest absolute Gasteiger partial charge is 0.408 e. The van der Waals surface area contributed by atoms with Gasteiger partial charge in [-0.2, -0.15) is 11.8 Å². The number of hydrogen-bond donors (Lipinski definition) is 2. The molecule has 1 aliphatic heterocycles. The van der Waals surface area contributed by atoms with Crippen LogP contribution in [0.2, 0.25) is 0 Å². The number of unbranched alkanes of at least 4 members (excludes halogenated alkanes) is 9. The van der Waals surface area contributed by atoms with Crippen LogP contribution in [0.3, 0.4) is 0 Å². The number of ether oxygens (including phenoxy) is 1. The average Bonchev–Trinajstić information content (AvgIpc) is 3.35. The van der Waals surface area contributed by atoms with Gasteiger partial charge in [0, 0.05) is 23.3 Å². The second-order valence-electron chi connectivity index (χ2n) is 7.65. The number of hydrogen-bond acceptors (Lipinski definition) is 5. The quantitative estimate of drug-likeness (QED) is 0.148. The number of thioether (sulfide) groups is 1. The molecule has 0 aromatic carbocycles. The van der Waals surface area contributed by atoms with Crippen molar-refractivity contribution in [3.05, 3.63) is 0 Å². The van der Waals surface area contributed by atoms with Crippen molar-refractivity contribution < 1.29 is 19.7 Å².